The van der Waals surface area contributed by atoms with Crippen LogP contribution >= 0.6 is 0 Å². The molecule has 0 aromatic heterocycles. The molecule has 7 heteroatoms. The van der Waals surface area contributed by atoms with Crippen molar-refractivity contribution in [3.63, 3.8) is 0 Å². The number of amides is 2. The minimum atomic E-state index is -0.594. The Morgan fingerprint density at radius 1 is 1.03 bits per heavy atom. The van der Waals surface area contributed by atoms with Gasteiger partial charge >= 0.3 is 0 Å². The zero-order valence-electron chi connectivity index (χ0n) is 17.6. The number of benzene rings is 2. The van der Waals surface area contributed by atoms with Crippen LogP contribution in [0.2, 0.25) is 0 Å². The van der Waals surface area contributed by atoms with Crippen molar-refractivity contribution in [1.82, 2.24) is 4.90 Å². The number of hydrogen-bond acceptors (Lipinski definition) is 5. The lowest BCUT2D eigenvalue weighted by Gasteiger charge is -2.26. The molecule has 2 amide bonds. The summed E-state index contributed by atoms with van der Waals surface area (Å²) in [7, 11) is 0. The number of rotatable bonds is 3. The normalized spacial score (nSPS) is 18.9. The van der Waals surface area contributed by atoms with Crippen molar-refractivity contribution in [2.75, 3.05) is 5.32 Å². The Kier molecular flexibility index (Phi) is 6.13. The molecular weight excluding hydrogens is 406 g/mol. The summed E-state index contributed by atoms with van der Waals surface area (Å²) in [6.07, 6.45) is 2.91. The van der Waals surface area contributed by atoms with E-state index in [1.165, 1.54) is 6.07 Å². The van der Waals surface area contributed by atoms with E-state index < -0.39 is 6.04 Å². The second-order valence-electron chi connectivity index (χ2n) is 8.22. The number of hydrogen-bond donors (Lipinski definition) is 1. The van der Waals surface area contributed by atoms with Gasteiger partial charge in [-0.05, 0) is 61.2 Å². The maximum Gasteiger partial charge on any atom is 0.255 e. The third-order valence-corrected chi connectivity index (χ3v) is 6.02. The molecule has 0 bridgehead atoms. The molecule has 1 atom stereocenters. The standard InChI is InChI=1S/C25H23N3O4/c26-14-16-4-3-5-17(12-16)24(31)27-19-8-10-21-18(13-19)15-28(25(21)32)22-11-9-20(29)6-1-2-7-23(22)30/h3-5,8,10,12-13,22H,1-2,6-7,9,11,15H2,(H,27,31). The monoisotopic (exact) mass is 429 g/mol. The van der Waals surface area contributed by atoms with E-state index in [1.807, 2.05) is 6.07 Å². The Bertz CT molecular complexity index is 1150. The fraction of sp³-hybridized carbons (Fsp3) is 0.320. The summed E-state index contributed by atoms with van der Waals surface area (Å²) in [5.74, 6) is -0.427. The number of anilines is 1. The first kappa shape index (κ1) is 21.4. The second kappa shape index (κ2) is 9.15. The Morgan fingerprint density at radius 2 is 1.84 bits per heavy atom. The highest BCUT2D eigenvalue weighted by Gasteiger charge is 2.36. The summed E-state index contributed by atoms with van der Waals surface area (Å²) >= 11 is 0. The maximum atomic E-state index is 13.0. The highest BCUT2D eigenvalue weighted by Crippen LogP contribution is 2.30. The summed E-state index contributed by atoms with van der Waals surface area (Å²) in [5, 5.41) is 11.8. The molecule has 1 fully saturated rings. The second-order valence-corrected chi connectivity index (χ2v) is 8.22. The fourth-order valence-corrected chi connectivity index (χ4v) is 4.31. The lowest BCUT2D eigenvalue weighted by Crippen LogP contribution is -2.41. The number of Topliss-reactive ketones (excluding diaryl/α,β-unsaturated/α-hetero) is 2. The molecule has 32 heavy (non-hydrogen) atoms. The van der Waals surface area contributed by atoms with Crippen LogP contribution in [0.25, 0.3) is 0 Å². The molecule has 2 aromatic rings. The van der Waals surface area contributed by atoms with Gasteiger partial charge in [-0.1, -0.05) is 6.07 Å². The number of fused-ring (bicyclic) bond motifs is 1. The molecular formula is C25H23N3O4. The third kappa shape index (κ3) is 4.45. The van der Waals surface area contributed by atoms with Gasteiger partial charge in [0.1, 0.15) is 5.78 Å². The molecule has 0 saturated heterocycles. The summed E-state index contributed by atoms with van der Waals surface area (Å²) in [5.41, 5.74) is 2.53. The largest absolute Gasteiger partial charge is 0.324 e. The highest BCUT2D eigenvalue weighted by atomic mass is 16.2. The molecule has 1 aliphatic carbocycles. The van der Waals surface area contributed by atoms with Gasteiger partial charge in [0.15, 0.2) is 5.78 Å². The topological polar surface area (TPSA) is 107 Å². The van der Waals surface area contributed by atoms with E-state index in [0.717, 1.165) is 5.56 Å². The van der Waals surface area contributed by atoms with Crippen LogP contribution in [0.5, 0.6) is 0 Å². The summed E-state index contributed by atoms with van der Waals surface area (Å²) in [4.78, 5) is 51.9. The van der Waals surface area contributed by atoms with Gasteiger partial charge in [-0.2, -0.15) is 5.26 Å². The van der Waals surface area contributed by atoms with Crippen molar-refractivity contribution in [3.05, 3.63) is 64.7 Å². The molecule has 1 unspecified atom stereocenters. The number of nitrogens with zero attached hydrogens (tertiary/aromatic N) is 2. The zero-order valence-corrected chi connectivity index (χ0v) is 17.6. The van der Waals surface area contributed by atoms with Crippen LogP contribution in [0.3, 0.4) is 0 Å². The molecule has 0 radical (unpaired) electrons. The van der Waals surface area contributed by atoms with Crippen molar-refractivity contribution in [3.8, 4) is 6.07 Å². The van der Waals surface area contributed by atoms with E-state index in [4.69, 9.17) is 5.26 Å². The average Bonchev–Trinajstić information content (AvgIpc) is 3.15. The number of nitriles is 1. The molecule has 1 heterocycles. The minimum absolute atomic E-state index is 0.00626. The molecule has 4 rings (SSSR count). The van der Waals surface area contributed by atoms with E-state index in [0.29, 0.717) is 60.9 Å². The predicted octanol–water partition coefficient (Wildman–Crippen LogP) is 3.63. The fourth-order valence-electron chi connectivity index (χ4n) is 4.31. The van der Waals surface area contributed by atoms with Crippen molar-refractivity contribution < 1.29 is 19.2 Å². The van der Waals surface area contributed by atoms with Gasteiger partial charge in [0, 0.05) is 42.6 Å². The van der Waals surface area contributed by atoms with Gasteiger partial charge in [0.25, 0.3) is 11.8 Å². The maximum absolute atomic E-state index is 13.0. The van der Waals surface area contributed by atoms with E-state index in [9.17, 15) is 19.2 Å². The number of nitrogens with one attached hydrogen (secondary N) is 1. The smallest absolute Gasteiger partial charge is 0.255 e. The Morgan fingerprint density at radius 3 is 2.66 bits per heavy atom. The van der Waals surface area contributed by atoms with E-state index in [2.05, 4.69) is 5.32 Å². The Labute approximate surface area is 186 Å². The van der Waals surface area contributed by atoms with Crippen molar-refractivity contribution in [2.45, 2.75) is 51.1 Å². The minimum Gasteiger partial charge on any atom is -0.324 e. The van der Waals surface area contributed by atoms with Gasteiger partial charge in [0.05, 0.1) is 17.7 Å². The predicted molar refractivity (Wildman–Crippen MR) is 117 cm³/mol. The van der Waals surface area contributed by atoms with Crippen LogP contribution in [0.4, 0.5) is 5.69 Å². The number of carbonyl (C=O) groups is 4. The van der Waals surface area contributed by atoms with Gasteiger partial charge in [-0.25, -0.2) is 0 Å². The SMILES string of the molecule is N#Cc1cccc(C(=O)Nc2ccc3c(c2)CN(C2CCC(=O)CCCCC2=O)C3=O)c1. The van der Waals surface area contributed by atoms with Crippen LogP contribution in [-0.2, 0) is 16.1 Å². The van der Waals surface area contributed by atoms with Gasteiger partial charge < -0.3 is 10.2 Å². The van der Waals surface area contributed by atoms with Crippen LogP contribution in [0, 0.1) is 11.3 Å². The lowest BCUT2D eigenvalue weighted by atomic mass is 10.0. The molecule has 0 spiro atoms. The Balaban J connectivity index is 1.51. The Hall–Kier alpha value is -3.79. The number of ketones is 2. The number of carbonyl (C=O) groups excluding carboxylic acids is 4. The first-order valence-corrected chi connectivity index (χ1v) is 10.8. The molecule has 1 N–H and O–H groups in total. The van der Waals surface area contributed by atoms with Gasteiger partial charge in [0.2, 0.25) is 0 Å². The van der Waals surface area contributed by atoms with Crippen molar-refractivity contribution in [2.24, 2.45) is 0 Å². The molecule has 7 nitrogen and oxygen atoms in total. The molecule has 1 saturated carbocycles. The molecule has 2 aromatic carbocycles. The zero-order chi connectivity index (χ0) is 22.7. The van der Waals surface area contributed by atoms with Gasteiger partial charge in [-0.15, -0.1) is 0 Å². The van der Waals surface area contributed by atoms with Crippen LogP contribution in [-0.4, -0.2) is 34.3 Å². The van der Waals surface area contributed by atoms with Crippen molar-refractivity contribution in [1.29, 1.82) is 5.26 Å². The quantitative estimate of drug-likeness (QED) is 0.802. The van der Waals surface area contributed by atoms with Crippen LogP contribution in [0.1, 0.15) is 70.4 Å². The van der Waals surface area contributed by atoms with Gasteiger partial charge in [-0.3, -0.25) is 19.2 Å². The van der Waals surface area contributed by atoms with E-state index in [-0.39, 0.29) is 29.9 Å². The van der Waals surface area contributed by atoms with Crippen LogP contribution < -0.4 is 5.32 Å². The van der Waals surface area contributed by atoms with E-state index >= 15 is 0 Å². The average molecular weight is 429 g/mol. The van der Waals surface area contributed by atoms with E-state index in [1.54, 1.807) is 41.3 Å². The summed E-state index contributed by atoms with van der Waals surface area (Å²) in [6, 6.07) is 12.9. The molecule has 1 aliphatic heterocycles. The first-order valence-electron chi connectivity index (χ1n) is 10.8. The summed E-state index contributed by atoms with van der Waals surface area (Å²) < 4.78 is 0. The first-order chi connectivity index (χ1) is 15.5. The highest BCUT2D eigenvalue weighted by molar-refractivity contribution is 6.06. The lowest BCUT2D eigenvalue weighted by molar-refractivity contribution is -0.124. The molecule has 2 aliphatic rings. The van der Waals surface area contributed by atoms with Crippen molar-refractivity contribution >= 4 is 29.1 Å². The third-order valence-electron chi connectivity index (χ3n) is 6.02. The molecule has 162 valence electrons. The summed E-state index contributed by atoms with van der Waals surface area (Å²) in [6.45, 7) is 0.270. The van der Waals surface area contributed by atoms with Crippen LogP contribution in [0.15, 0.2) is 42.5 Å².